The molecule has 0 N–H and O–H groups in total. The van der Waals surface area contributed by atoms with Crippen LogP contribution in [0.3, 0.4) is 0 Å². The van der Waals surface area contributed by atoms with E-state index in [9.17, 15) is 4.39 Å². The van der Waals surface area contributed by atoms with Crippen molar-refractivity contribution in [1.82, 2.24) is 4.98 Å². The maximum atomic E-state index is 13.8. The van der Waals surface area contributed by atoms with Crippen LogP contribution in [-0.2, 0) is 5.67 Å². The molecule has 0 saturated heterocycles. The molecule has 1 aromatic rings. The summed E-state index contributed by atoms with van der Waals surface area (Å²) in [5.41, 5.74) is 0.414. The summed E-state index contributed by atoms with van der Waals surface area (Å²) in [7, 11) is 0. The zero-order valence-electron chi connectivity index (χ0n) is 7.18. The van der Waals surface area contributed by atoms with Crippen LogP contribution in [0, 0.1) is 6.92 Å². The molecule has 1 saturated carbocycles. The molecule has 64 valence electrons. The normalized spacial score (nSPS) is 20.2. The van der Waals surface area contributed by atoms with E-state index < -0.39 is 5.67 Å². The zero-order valence-corrected chi connectivity index (χ0v) is 7.18. The maximum absolute atomic E-state index is 13.8. The molecular formula is C10H12FN. The molecule has 2 heteroatoms. The Morgan fingerprint density at radius 3 is 2.67 bits per heavy atom. The van der Waals surface area contributed by atoms with Crippen molar-refractivity contribution in [2.75, 3.05) is 0 Å². The van der Waals surface area contributed by atoms with Crippen molar-refractivity contribution in [2.45, 2.75) is 31.9 Å². The van der Waals surface area contributed by atoms with Gasteiger partial charge in [-0.15, -0.1) is 0 Å². The number of pyridine rings is 1. The molecule has 2 rings (SSSR count). The lowest BCUT2D eigenvalue weighted by molar-refractivity contribution is 0.0558. The number of aromatic nitrogens is 1. The monoisotopic (exact) mass is 165 g/mol. The van der Waals surface area contributed by atoms with Crippen molar-refractivity contribution in [3.63, 3.8) is 0 Å². The molecule has 1 aliphatic rings. The maximum Gasteiger partial charge on any atom is 0.152 e. The van der Waals surface area contributed by atoms with Gasteiger partial charge in [-0.1, -0.05) is 6.07 Å². The average Bonchev–Trinajstić information content (AvgIpc) is 2.00. The van der Waals surface area contributed by atoms with Gasteiger partial charge in [0.05, 0.1) is 5.69 Å². The Morgan fingerprint density at radius 2 is 2.17 bits per heavy atom. The predicted molar refractivity (Wildman–Crippen MR) is 45.6 cm³/mol. The molecule has 1 fully saturated rings. The molecule has 1 nitrogen and oxygen atoms in total. The lowest BCUT2D eigenvalue weighted by Gasteiger charge is -2.33. The summed E-state index contributed by atoms with van der Waals surface area (Å²) in [6.07, 6.45) is 2.28. The SMILES string of the molecule is Cc1cccc(C2(F)CCC2)n1. The first kappa shape index (κ1) is 7.71. The van der Waals surface area contributed by atoms with Crippen molar-refractivity contribution in [3.8, 4) is 0 Å². The third-order valence-corrected chi connectivity index (χ3v) is 2.49. The van der Waals surface area contributed by atoms with E-state index in [0.717, 1.165) is 12.1 Å². The number of hydrogen-bond acceptors (Lipinski definition) is 1. The van der Waals surface area contributed by atoms with Gasteiger partial charge in [0.2, 0.25) is 0 Å². The van der Waals surface area contributed by atoms with Gasteiger partial charge in [0.15, 0.2) is 5.67 Å². The summed E-state index contributed by atoms with van der Waals surface area (Å²) >= 11 is 0. The third-order valence-electron chi connectivity index (χ3n) is 2.49. The van der Waals surface area contributed by atoms with Crippen molar-refractivity contribution in [3.05, 3.63) is 29.6 Å². The van der Waals surface area contributed by atoms with Crippen LogP contribution in [-0.4, -0.2) is 4.98 Å². The fourth-order valence-corrected chi connectivity index (χ4v) is 1.54. The van der Waals surface area contributed by atoms with Crippen LogP contribution in [0.1, 0.15) is 30.7 Å². The molecular weight excluding hydrogens is 153 g/mol. The standard InChI is InChI=1S/C10H12FN/c1-8-4-2-5-9(12-8)10(11)6-3-7-10/h2,4-5H,3,6-7H2,1H3. The smallest absolute Gasteiger partial charge is 0.152 e. The second-order valence-electron chi connectivity index (χ2n) is 3.48. The summed E-state index contributed by atoms with van der Waals surface area (Å²) < 4.78 is 13.8. The van der Waals surface area contributed by atoms with E-state index in [0.29, 0.717) is 18.5 Å². The Bertz CT molecular complexity index is 292. The highest BCUT2D eigenvalue weighted by Crippen LogP contribution is 2.43. The summed E-state index contributed by atoms with van der Waals surface area (Å²) in [5, 5.41) is 0. The second-order valence-corrected chi connectivity index (χ2v) is 3.48. The molecule has 12 heavy (non-hydrogen) atoms. The summed E-state index contributed by atoms with van der Waals surface area (Å²) in [6.45, 7) is 1.89. The molecule has 0 atom stereocenters. The fourth-order valence-electron chi connectivity index (χ4n) is 1.54. The molecule has 0 unspecified atom stereocenters. The highest BCUT2D eigenvalue weighted by atomic mass is 19.1. The van der Waals surface area contributed by atoms with Gasteiger partial charge < -0.3 is 0 Å². The van der Waals surface area contributed by atoms with Gasteiger partial charge in [0.1, 0.15) is 0 Å². The lowest BCUT2D eigenvalue weighted by atomic mass is 9.79. The minimum atomic E-state index is -1.11. The molecule has 0 aliphatic heterocycles. The quantitative estimate of drug-likeness (QED) is 0.623. The molecule has 1 aromatic heterocycles. The molecule has 0 aromatic carbocycles. The fraction of sp³-hybridized carbons (Fsp3) is 0.500. The number of hydrogen-bond donors (Lipinski definition) is 0. The van der Waals surface area contributed by atoms with Gasteiger partial charge in [-0.2, -0.15) is 0 Å². The van der Waals surface area contributed by atoms with Crippen molar-refractivity contribution in [1.29, 1.82) is 0 Å². The first-order valence-corrected chi connectivity index (χ1v) is 4.34. The van der Waals surface area contributed by atoms with E-state index >= 15 is 0 Å². The van der Waals surface area contributed by atoms with Gasteiger partial charge >= 0.3 is 0 Å². The van der Waals surface area contributed by atoms with Crippen LogP contribution in [0.15, 0.2) is 18.2 Å². The van der Waals surface area contributed by atoms with Crippen molar-refractivity contribution in [2.24, 2.45) is 0 Å². The Morgan fingerprint density at radius 1 is 1.42 bits per heavy atom. The summed E-state index contributed by atoms with van der Waals surface area (Å²) in [6, 6.07) is 5.55. The minimum absolute atomic E-state index is 0.619. The third kappa shape index (κ3) is 1.11. The van der Waals surface area contributed by atoms with Gasteiger partial charge in [-0.25, -0.2) is 4.39 Å². The summed E-state index contributed by atoms with van der Waals surface area (Å²) in [5.74, 6) is 0. The van der Waals surface area contributed by atoms with E-state index in [1.807, 2.05) is 19.1 Å². The Hall–Kier alpha value is -0.920. The van der Waals surface area contributed by atoms with Crippen LogP contribution in [0.4, 0.5) is 4.39 Å². The summed E-state index contributed by atoms with van der Waals surface area (Å²) in [4.78, 5) is 4.19. The molecule has 0 bridgehead atoms. The van der Waals surface area contributed by atoms with E-state index in [1.54, 1.807) is 6.07 Å². The van der Waals surface area contributed by atoms with E-state index in [1.165, 1.54) is 0 Å². The van der Waals surface area contributed by atoms with Crippen LogP contribution < -0.4 is 0 Å². The van der Waals surface area contributed by atoms with Gasteiger partial charge in [-0.3, -0.25) is 4.98 Å². The van der Waals surface area contributed by atoms with E-state index in [4.69, 9.17) is 0 Å². The van der Waals surface area contributed by atoms with Crippen LogP contribution >= 0.6 is 0 Å². The highest BCUT2D eigenvalue weighted by Gasteiger charge is 2.39. The van der Waals surface area contributed by atoms with Gasteiger partial charge in [-0.05, 0) is 38.3 Å². The van der Waals surface area contributed by atoms with Gasteiger partial charge in [0.25, 0.3) is 0 Å². The topological polar surface area (TPSA) is 12.9 Å². The number of aryl methyl sites for hydroxylation is 1. The van der Waals surface area contributed by atoms with Crippen LogP contribution in [0.25, 0.3) is 0 Å². The average molecular weight is 165 g/mol. The molecule has 1 aliphatic carbocycles. The lowest BCUT2D eigenvalue weighted by Crippen LogP contribution is -2.29. The van der Waals surface area contributed by atoms with Crippen LogP contribution in [0.2, 0.25) is 0 Å². The number of halogens is 1. The van der Waals surface area contributed by atoms with E-state index in [-0.39, 0.29) is 0 Å². The number of rotatable bonds is 1. The molecule has 0 amide bonds. The molecule has 1 heterocycles. The predicted octanol–water partition coefficient (Wildman–Crippen LogP) is 2.74. The first-order valence-electron chi connectivity index (χ1n) is 4.34. The molecule has 0 spiro atoms. The highest BCUT2D eigenvalue weighted by molar-refractivity contribution is 5.18. The Balaban J connectivity index is 2.33. The van der Waals surface area contributed by atoms with Crippen molar-refractivity contribution < 1.29 is 4.39 Å². The Kier molecular flexibility index (Phi) is 1.63. The Labute approximate surface area is 71.6 Å². The van der Waals surface area contributed by atoms with Crippen LogP contribution in [0.5, 0.6) is 0 Å². The first-order chi connectivity index (χ1) is 5.71. The number of nitrogens with zero attached hydrogens (tertiary/aromatic N) is 1. The molecule has 0 radical (unpaired) electrons. The second kappa shape index (κ2) is 2.54. The zero-order chi connectivity index (χ0) is 8.60. The van der Waals surface area contributed by atoms with Gasteiger partial charge in [0, 0.05) is 5.69 Å². The number of alkyl halides is 1. The largest absolute Gasteiger partial charge is 0.255 e. The van der Waals surface area contributed by atoms with E-state index in [2.05, 4.69) is 4.98 Å². The minimum Gasteiger partial charge on any atom is -0.255 e. The van der Waals surface area contributed by atoms with Crippen molar-refractivity contribution >= 4 is 0 Å².